The molecular weight excluding hydrogens is 335 g/mol. The predicted octanol–water partition coefficient (Wildman–Crippen LogP) is 4.28. The van der Waals surface area contributed by atoms with Crippen molar-refractivity contribution >= 4 is 34.8 Å². The molecule has 0 radical (unpaired) electrons. The van der Waals surface area contributed by atoms with Crippen LogP contribution in [0.15, 0.2) is 30.5 Å². The number of hydrogen-bond donors (Lipinski definition) is 1. The number of halogens is 2. The number of benzene rings is 1. The number of anilines is 1. The van der Waals surface area contributed by atoms with Crippen molar-refractivity contribution in [2.45, 2.75) is 25.7 Å². The van der Waals surface area contributed by atoms with Gasteiger partial charge in [-0.3, -0.25) is 9.78 Å². The lowest BCUT2D eigenvalue weighted by Gasteiger charge is -2.18. The highest BCUT2D eigenvalue weighted by atomic mass is 35.5. The third-order valence-electron chi connectivity index (χ3n) is 3.75. The fraction of sp³-hybridized carbons (Fsp3) is 0.294. The first-order valence-electron chi connectivity index (χ1n) is 7.48. The van der Waals surface area contributed by atoms with Gasteiger partial charge in [-0.1, -0.05) is 23.2 Å². The van der Waals surface area contributed by atoms with Crippen molar-refractivity contribution in [1.82, 2.24) is 4.98 Å². The molecule has 1 aliphatic rings. The van der Waals surface area contributed by atoms with Gasteiger partial charge in [-0.15, -0.1) is 0 Å². The summed E-state index contributed by atoms with van der Waals surface area (Å²) in [5.41, 5.74) is 2.67. The molecule has 0 saturated heterocycles. The molecule has 0 saturated carbocycles. The van der Waals surface area contributed by atoms with Gasteiger partial charge in [0.1, 0.15) is 5.75 Å². The van der Waals surface area contributed by atoms with E-state index in [-0.39, 0.29) is 12.5 Å². The van der Waals surface area contributed by atoms with Gasteiger partial charge in [0, 0.05) is 22.5 Å². The quantitative estimate of drug-likeness (QED) is 0.894. The highest BCUT2D eigenvalue weighted by molar-refractivity contribution is 6.35. The molecule has 0 fully saturated rings. The highest BCUT2D eigenvalue weighted by Gasteiger charge is 2.16. The molecule has 1 aliphatic carbocycles. The van der Waals surface area contributed by atoms with E-state index >= 15 is 0 Å². The maximum Gasteiger partial charge on any atom is 0.262 e. The van der Waals surface area contributed by atoms with Crippen molar-refractivity contribution in [2.24, 2.45) is 0 Å². The molecule has 1 N–H and O–H groups in total. The lowest BCUT2D eigenvalue weighted by atomic mass is 9.95. The molecule has 120 valence electrons. The Morgan fingerprint density at radius 2 is 2.04 bits per heavy atom. The fourth-order valence-corrected chi connectivity index (χ4v) is 2.99. The first-order valence-corrected chi connectivity index (χ1v) is 8.23. The number of nitrogens with one attached hydrogen (secondary N) is 1. The topological polar surface area (TPSA) is 51.2 Å². The summed E-state index contributed by atoms with van der Waals surface area (Å²) in [6, 6.07) is 6.72. The van der Waals surface area contributed by atoms with Gasteiger partial charge < -0.3 is 10.1 Å². The van der Waals surface area contributed by atoms with Crippen LogP contribution in [-0.4, -0.2) is 17.5 Å². The Kier molecular flexibility index (Phi) is 5.03. The molecule has 0 aliphatic heterocycles. The zero-order valence-electron chi connectivity index (χ0n) is 12.4. The lowest BCUT2D eigenvalue weighted by Crippen LogP contribution is -2.21. The van der Waals surface area contributed by atoms with Gasteiger partial charge >= 0.3 is 0 Å². The maximum absolute atomic E-state index is 12.1. The summed E-state index contributed by atoms with van der Waals surface area (Å²) >= 11 is 11.9. The second-order valence-electron chi connectivity index (χ2n) is 5.40. The Balaban J connectivity index is 1.64. The minimum absolute atomic E-state index is 0.0840. The molecule has 2 aromatic rings. The molecular formula is C17H16Cl2N2O2. The third-order valence-corrected chi connectivity index (χ3v) is 4.32. The van der Waals surface area contributed by atoms with E-state index in [0.29, 0.717) is 15.7 Å². The first-order chi connectivity index (χ1) is 11.1. The van der Waals surface area contributed by atoms with E-state index in [0.717, 1.165) is 42.7 Å². The van der Waals surface area contributed by atoms with E-state index < -0.39 is 0 Å². The van der Waals surface area contributed by atoms with Crippen molar-refractivity contribution in [1.29, 1.82) is 0 Å². The molecule has 1 aromatic heterocycles. The van der Waals surface area contributed by atoms with Gasteiger partial charge in [-0.05, 0) is 49.9 Å². The fourth-order valence-electron chi connectivity index (χ4n) is 2.65. The van der Waals surface area contributed by atoms with Crippen molar-refractivity contribution in [3.8, 4) is 5.75 Å². The van der Waals surface area contributed by atoms with Crippen LogP contribution in [0.25, 0.3) is 0 Å². The van der Waals surface area contributed by atoms with E-state index in [2.05, 4.69) is 10.3 Å². The van der Waals surface area contributed by atoms with Crippen LogP contribution in [0.1, 0.15) is 24.1 Å². The predicted molar refractivity (Wildman–Crippen MR) is 91.5 cm³/mol. The molecule has 6 heteroatoms. The van der Waals surface area contributed by atoms with Gasteiger partial charge in [0.05, 0.1) is 10.7 Å². The zero-order valence-corrected chi connectivity index (χ0v) is 14.0. The summed E-state index contributed by atoms with van der Waals surface area (Å²) in [4.78, 5) is 16.4. The molecule has 0 unspecified atom stereocenters. The smallest absolute Gasteiger partial charge is 0.262 e. The number of aromatic nitrogens is 1. The minimum Gasteiger partial charge on any atom is -0.483 e. The second kappa shape index (κ2) is 7.20. The Morgan fingerprint density at radius 1 is 1.22 bits per heavy atom. The number of ether oxygens (including phenoxy) is 1. The number of rotatable bonds is 4. The number of aryl methyl sites for hydroxylation is 1. The summed E-state index contributed by atoms with van der Waals surface area (Å²) in [5.74, 6) is 0.456. The number of pyridine rings is 1. The Labute approximate surface area is 144 Å². The van der Waals surface area contributed by atoms with Crippen LogP contribution in [0.4, 0.5) is 5.69 Å². The average molecular weight is 351 g/mol. The first kappa shape index (κ1) is 16.1. The van der Waals surface area contributed by atoms with Crippen LogP contribution in [0.3, 0.4) is 0 Å². The Bertz CT molecular complexity index is 735. The largest absolute Gasteiger partial charge is 0.483 e. The normalized spacial score (nSPS) is 13.3. The molecule has 0 spiro atoms. The second-order valence-corrected chi connectivity index (χ2v) is 6.25. The summed E-state index contributed by atoms with van der Waals surface area (Å²) in [7, 11) is 0. The van der Waals surface area contributed by atoms with Gasteiger partial charge in [0.15, 0.2) is 6.61 Å². The molecule has 1 aromatic carbocycles. The summed E-state index contributed by atoms with van der Waals surface area (Å²) in [5, 5.41) is 3.65. The lowest BCUT2D eigenvalue weighted by molar-refractivity contribution is -0.118. The van der Waals surface area contributed by atoms with Gasteiger partial charge in [0.2, 0.25) is 0 Å². The van der Waals surface area contributed by atoms with E-state index in [1.165, 1.54) is 0 Å². The van der Waals surface area contributed by atoms with Crippen LogP contribution in [0.5, 0.6) is 5.75 Å². The SMILES string of the molecule is O=C(COc1ccnc2c1CCCC2)Nc1cc(Cl)ccc1Cl. The number of amides is 1. The Hall–Kier alpha value is -1.78. The molecule has 0 bridgehead atoms. The van der Waals surface area contributed by atoms with Crippen molar-refractivity contribution in [3.63, 3.8) is 0 Å². The molecule has 1 amide bonds. The zero-order chi connectivity index (χ0) is 16.2. The monoisotopic (exact) mass is 350 g/mol. The van der Waals surface area contributed by atoms with E-state index in [1.54, 1.807) is 24.4 Å². The van der Waals surface area contributed by atoms with E-state index in [9.17, 15) is 4.79 Å². The third kappa shape index (κ3) is 3.95. The number of carbonyl (C=O) groups is 1. The summed E-state index contributed by atoms with van der Waals surface area (Å²) < 4.78 is 5.68. The molecule has 23 heavy (non-hydrogen) atoms. The van der Waals surface area contributed by atoms with Gasteiger partial charge in [-0.2, -0.15) is 0 Å². The number of hydrogen-bond acceptors (Lipinski definition) is 3. The van der Waals surface area contributed by atoms with E-state index in [4.69, 9.17) is 27.9 Å². The Morgan fingerprint density at radius 3 is 2.91 bits per heavy atom. The maximum atomic E-state index is 12.1. The molecule has 3 rings (SSSR count). The van der Waals surface area contributed by atoms with Crippen molar-refractivity contribution < 1.29 is 9.53 Å². The van der Waals surface area contributed by atoms with Crippen molar-refractivity contribution in [3.05, 3.63) is 51.8 Å². The van der Waals surface area contributed by atoms with Crippen LogP contribution >= 0.6 is 23.2 Å². The number of fused-ring (bicyclic) bond motifs is 1. The van der Waals surface area contributed by atoms with E-state index in [1.807, 2.05) is 6.07 Å². The molecule has 1 heterocycles. The van der Waals surface area contributed by atoms with Crippen molar-refractivity contribution in [2.75, 3.05) is 11.9 Å². The van der Waals surface area contributed by atoms with Crippen LogP contribution < -0.4 is 10.1 Å². The molecule has 4 nitrogen and oxygen atoms in total. The van der Waals surface area contributed by atoms with Crippen LogP contribution in [0.2, 0.25) is 10.0 Å². The molecule has 0 atom stereocenters. The number of nitrogens with zero attached hydrogens (tertiary/aromatic N) is 1. The minimum atomic E-state index is -0.282. The van der Waals surface area contributed by atoms with Crippen LogP contribution in [0, 0.1) is 0 Å². The number of carbonyl (C=O) groups excluding carboxylic acids is 1. The average Bonchev–Trinajstić information content (AvgIpc) is 2.56. The summed E-state index contributed by atoms with van der Waals surface area (Å²) in [6.45, 7) is -0.0840. The van der Waals surface area contributed by atoms with Gasteiger partial charge in [0.25, 0.3) is 5.91 Å². The standard InChI is InChI=1S/C17H16Cl2N2O2/c18-11-5-6-13(19)15(9-11)21-17(22)10-23-16-7-8-20-14-4-2-1-3-12(14)16/h5-9H,1-4,10H2,(H,21,22). The van der Waals surface area contributed by atoms with Crippen LogP contribution in [-0.2, 0) is 17.6 Å². The highest BCUT2D eigenvalue weighted by Crippen LogP contribution is 2.28. The summed E-state index contributed by atoms with van der Waals surface area (Å²) in [6.07, 6.45) is 5.92. The van der Waals surface area contributed by atoms with Gasteiger partial charge in [-0.25, -0.2) is 0 Å².